The third-order valence-corrected chi connectivity index (χ3v) is 2.26. The number of methoxy groups -OCH3 is 1. The number of ketones is 1. The number of carbonyl (C=O) groups is 2. The molecular weight excluding hydrogens is 212 g/mol. The van der Waals surface area contributed by atoms with Crippen LogP contribution >= 0.6 is 0 Å². The van der Waals surface area contributed by atoms with E-state index in [2.05, 4.69) is 0 Å². The van der Waals surface area contributed by atoms with Crippen LogP contribution in [0.1, 0.15) is 21.5 Å². The maximum Gasteiger partial charge on any atom is 0.377 e. The number of phenols is 1. The van der Waals surface area contributed by atoms with Crippen molar-refractivity contribution in [3.8, 4) is 11.5 Å². The fraction of sp³-hybridized carbons (Fsp3) is 0.273. The van der Waals surface area contributed by atoms with Crippen molar-refractivity contribution >= 4 is 11.8 Å². The van der Waals surface area contributed by atoms with E-state index in [-0.39, 0.29) is 11.3 Å². The second-order valence-electron chi connectivity index (χ2n) is 3.40. The lowest BCUT2D eigenvalue weighted by molar-refractivity contribution is -0.131. The Labute approximate surface area is 92.3 Å². The quantitative estimate of drug-likeness (QED) is 0.597. The number of carbonyl (C=O) groups excluding carboxylic acids is 1. The number of hydrogen-bond acceptors (Lipinski definition) is 4. The molecule has 0 aliphatic carbocycles. The summed E-state index contributed by atoms with van der Waals surface area (Å²) in [5.74, 6) is -3.06. The van der Waals surface area contributed by atoms with Gasteiger partial charge < -0.3 is 14.9 Å². The van der Waals surface area contributed by atoms with Gasteiger partial charge in [-0.05, 0) is 25.0 Å². The molecule has 5 heteroatoms. The Bertz CT molecular complexity index is 462. The number of aryl methyl sites for hydroxylation is 2. The molecule has 0 bridgehead atoms. The van der Waals surface area contributed by atoms with Crippen LogP contribution in [-0.4, -0.2) is 29.1 Å². The van der Waals surface area contributed by atoms with Gasteiger partial charge in [0, 0.05) is 0 Å². The number of carboxylic acid groups (broad SMARTS) is 1. The van der Waals surface area contributed by atoms with Crippen LogP contribution in [0.4, 0.5) is 0 Å². The van der Waals surface area contributed by atoms with Crippen LogP contribution in [-0.2, 0) is 4.79 Å². The van der Waals surface area contributed by atoms with E-state index in [1.807, 2.05) is 0 Å². The van der Waals surface area contributed by atoms with Crippen molar-refractivity contribution in [1.82, 2.24) is 0 Å². The number of phenolic OH excluding ortho intramolecular Hbond substituents is 1. The van der Waals surface area contributed by atoms with Crippen LogP contribution in [0.2, 0.25) is 0 Å². The van der Waals surface area contributed by atoms with Gasteiger partial charge in [-0.15, -0.1) is 0 Å². The molecule has 0 saturated heterocycles. The smallest absolute Gasteiger partial charge is 0.377 e. The van der Waals surface area contributed by atoms with Crippen molar-refractivity contribution in [2.45, 2.75) is 13.8 Å². The summed E-state index contributed by atoms with van der Waals surface area (Å²) in [6.45, 7) is 3.25. The summed E-state index contributed by atoms with van der Waals surface area (Å²) in [7, 11) is 1.34. The Morgan fingerprint density at radius 1 is 1.25 bits per heavy atom. The number of Topliss-reactive ketones (excluding diaryl/α,β-unsaturated/α-hetero) is 1. The molecule has 1 rings (SSSR count). The molecule has 0 spiro atoms. The molecule has 2 N–H and O–H groups in total. The molecule has 0 radical (unpaired) electrons. The summed E-state index contributed by atoms with van der Waals surface area (Å²) in [5.41, 5.74) is 0.817. The summed E-state index contributed by atoms with van der Waals surface area (Å²) in [6.07, 6.45) is 0. The van der Waals surface area contributed by atoms with Gasteiger partial charge >= 0.3 is 5.97 Å². The van der Waals surface area contributed by atoms with Crippen LogP contribution in [0.5, 0.6) is 11.5 Å². The van der Waals surface area contributed by atoms with Crippen LogP contribution in [0.3, 0.4) is 0 Å². The normalized spacial score (nSPS) is 9.94. The van der Waals surface area contributed by atoms with E-state index in [4.69, 9.17) is 9.84 Å². The second-order valence-corrected chi connectivity index (χ2v) is 3.40. The molecule has 86 valence electrons. The maximum absolute atomic E-state index is 11.4. The van der Waals surface area contributed by atoms with Gasteiger partial charge in [-0.2, -0.15) is 0 Å². The van der Waals surface area contributed by atoms with E-state index < -0.39 is 17.5 Å². The van der Waals surface area contributed by atoms with Crippen molar-refractivity contribution in [2.24, 2.45) is 0 Å². The lowest BCUT2D eigenvalue weighted by Crippen LogP contribution is -2.15. The molecule has 1 aromatic rings. The molecule has 0 fully saturated rings. The first kappa shape index (κ1) is 12.0. The number of ether oxygens (including phenoxy) is 1. The van der Waals surface area contributed by atoms with Gasteiger partial charge in [0.1, 0.15) is 0 Å². The van der Waals surface area contributed by atoms with Crippen molar-refractivity contribution in [2.75, 3.05) is 7.11 Å². The molecule has 0 amide bonds. The number of carboxylic acids is 1. The van der Waals surface area contributed by atoms with Crippen LogP contribution in [0, 0.1) is 13.8 Å². The fourth-order valence-electron chi connectivity index (χ4n) is 1.60. The molecule has 0 saturated carbocycles. The van der Waals surface area contributed by atoms with E-state index in [0.29, 0.717) is 11.1 Å². The van der Waals surface area contributed by atoms with E-state index in [1.165, 1.54) is 7.11 Å². The molecule has 0 aliphatic heterocycles. The number of hydrogen-bond donors (Lipinski definition) is 2. The van der Waals surface area contributed by atoms with Crippen LogP contribution < -0.4 is 4.74 Å². The standard InChI is InChI=1S/C11H12O5/c1-5-4-6(2)10(16-3)8(12)7(5)9(13)11(14)15/h4,12H,1-3H3,(H,14,15). The Morgan fingerprint density at radius 2 is 1.81 bits per heavy atom. The average molecular weight is 224 g/mol. The van der Waals surface area contributed by atoms with Crippen LogP contribution in [0.25, 0.3) is 0 Å². The van der Waals surface area contributed by atoms with E-state index in [0.717, 1.165) is 0 Å². The first-order valence-corrected chi connectivity index (χ1v) is 4.55. The minimum atomic E-state index is -1.61. The van der Waals surface area contributed by atoms with Crippen molar-refractivity contribution in [3.63, 3.8) is 0 Å². The lowest BCUT2D eigenvalue weighted by atomic mass is 9.99. The highest BCUT2D eigenvalue weighted by Crippen LogP contribution is 2.35. The highest BCUT2D eigenvalue weighted by molar-refractivity contribution is 6.41. The van der Waals surface area contributed by atoms with Crippen molar-refractivity contribution in [1.29, 1.82) is 0 Å². The first-order chi connectivity index (χ1) is 7.40. The third kappa shape index (κ3) is 1.84. The number of aliphatic carboxylic acids is 1. The van der Waals surface area contributed by atoms with E-state index in [1.54, 1.807) is 19.9 Å². The highest BCUT2D eigenvalue weighted by atomic mass is 16.5. The van der Waals surface area contributed by atoms with Crippen molar-refractivity contribution < 1.29 is 24.5 Å². The number of aromatic hydroxyl groups is 1. The number of benzene rings is 1. The van der Waals surface area contributed by atoms with Gasteiger partial charge in [-0.25, -0.2) is 4.79 Å². The van der Waals surface area contributed by atoms with Gasteiger partial charge in [0.25, 0.3) is 5.78 Å². The second kappa shape index (κ2) is 4.22. The van der Waals surface area contributed by atoms with E-state index in [9.17, 15) is 14.7 Å². The van der Waals surface area contributed by atoms with Gasteiger partial charge in [-0.1, -0.05) is 6.07 Å². The average Bonchev–Trinajstić information content (AvgIpc) is 2.17. The summed E-state index contributed by atoms with van der Waals surface area (Å²) in [5, 5.41) is 18.4. The van der Waals surface area contributed by atoms with Gasteiger partial charge in [0.2, 0.25) is 0 Å². The molecule has 5 nitrogen and oxygen atoms in total. The highest BCUT2D eigenvalue weighted by Gasteiger charge is 2.24. The first-order valence-electron chi connectivity index (χ1n) is 4.55. The SMILES string of the molecule is COc1c(C)cc(C)c(C(=O)C(=O)O)c1O. The molecule has 0 unspecified atom stereocenters. The predicted octanol–water partition coefficient (Wildman–Crippen LogP) is 1.28. The molecule has 0 heterocycles. The van der Waals surface area contributed by atoms with Gasteiger partial charge in [-0.3, -0.25) is 4.79 Å². The molecule has 0 aromatic heterocycles. The van der Waals surface area contributed by atoms with Crippen LogP contribution in [0.15, 0.2) is 6.07 Å². The summed E-state index contributed by atoms with van der Waals surface area (Å²) >= 11 is 0. The molecule has 16 heavy (non-hydrogen) atoms. The Balaban J connectivity index is 3.51. The zero-order valence-electron chi connectivity index (χ0n) is 9.20. The predicted molar refractivity (Wildman–Crippen MR) is 56.1 cm³/mol. The van der Waals surface area contributed by atoms with Gasteiger partial charge in [0.15, 0.2) is 11.5 Å². The Kier molecular flexibility index (Phi) is 3.17. The molecule has 0 atom stereocenters. The zero-order chi connectivity index (χ0) is 12.5. The monoisotopic (exact) mass is 224 g/mol. The third-order valence-electron chi connectivity index (χ3n) is 2.26. The minimum Gasteiger partial charge on any atom is -0.504 e. The summed E-state index contributed by atoms with van der Waals surface area (Å²) in [4.78, 5) is 21.9. The zero-order valence-corrected chi connectivity index (χ0v) is 9.20. The number of rotatable bonds is 3. The molecule has 0 aliphatic rings. The fourth-order valence-corrected chi connectivity index (χ4v) is 1.60. The maximum atomic E-state index is 11.4. The van der Waals surface area contributed by atoms with Gasteiger partial charge in [0.05, 0.1) is 12.7 Å². The summed E-state index contributed by atoms with van der Waals surface area (Å²) in [6, 6.07) is 1.59. The summed E-state index contributed by atoms with van der Waals surface area (Å²) < 4.78 is 4.91. The molecule has 1 aromatic carbocycles. The van der Waals surface area contributed by atoms with Crippen molar-refractivity contribution in [3.05, 3.63) is 22.8 Å². The minimum absolute atomic E-state index is 0.121. The Morgan fingerprint density at radius 3 is 2.25 bits per heavy atom. The topological polar surface area (TPSA) is 83.8 Å². The largest absolute Gasteiger partial charge is 0.504 e. The van der Waals surface area contributed by atoms with E-state index >= 15 is 0 Å². The lowest BCUT2D eigenvalue weighted by Gasteiger charge is -2.12. The molecular formula is C11H12O5. The Hall–Kier alpha value is -2.04.